The van der Waals surface area contributed by atoms with E-state index in [1.54, 1.807) is 4.90 Å². The van der Waals surface area contributed by atoms with Crippen molar-refractivity contribution in [2.45, 2.75) is 18.6 Å². The van der Waals surface area contributed by atoms with Crippen molar-refractivity contribution in [2.24, 2.45) is 5.92 Å². The fraction of sp³-hybridized carbons (Fsp3) is 0.500. The van der Waals surface area contributed by atoms with E-state index in [1.807, 2.05) is 24.3 Å². The van der Waals surface area contributed by atoms with Crippen LogP contribution in [0.1, 0.15) is 18.1 Å². The topological polar surface area (TPSA) is 72.7 Å². The molecule has 1 aliphatic heterocycles. The second-order valence-corrected chi connectivity index (χ2v) is 6.31. The molecule has 1 amide bonds. The zero-order valence-corrected chi connectivity index (χ0v) is 12.9. The van der Waals surface area contributed by atoms with E-state index in [0.29, 0.717) is 26.1 Å². The van der Waals surface area contributed by atoms with Crippen LogP contribution in [0.15, 0.2) is 28.7 Å². The average Bonchev–Trinajstić information content (AvgIpc) is 3.28. The molecular formula is C14H15BrN2O4. The molecule has 21 heavy (non-hydrogen) atoms. The lowest BCUT2D eigenvalue weighted by atomic mass is 10.1. The van der Waals surface area contributed by atoms with Crippen LogP contribution in [0.2, 0.25) is 0 Å². The Morgan fingerprint density at radius 1 is 1.38 bits per heavy atom. The first kappa shape index (κ1) is 14.5. The molecule has 0 spiro atoms. The maximum Gasteiger partial charge on any atom is 0.233 e. The van der Waals surface area contributed by atoms with Crippen molar-refractivity contribution in [1.82, 2.24) is 4.90 Å². The summed E-state index contributed by atoms with van der Waals surface area (Å²) in [5.41, 5.74) is 1.01. The summed E-state index contributed by atoms with van der Waals surface area (Å²) in [5.74, 6) is -0.550. The third kappa shape index (κ3) is 3.08. The van der Waals surface area contributed by atoms with Crippen molar-refractivity contribution in [3.05, 3.63) is 44.4 Å². The summed E-state index contributed by atoms with van der Waals surface area (Å²) in [7, 11) is 0. The van der Waals surface area contributed by atoms with Gasteiger partial charge in [0, 0.05) is 22.4 Å². The van der Waals surface area contributed by atoms with E-state index < -0.39 is 12.0 Å². The number of ether oxygens (including phenoxy) is 1. The minimum absolute atomic E-state index is 0.109. The number of hydrogen-bond donors (Lipinski definition) is 0. The van der Waals surface area contributed by atoms with Gasteiger partial charge in [0.15, 0.2) is 0 Å². The van der Waals surface area contributed by atoms with Gasteiger partial charge < -0.3 is 9.64 Å². The molecule has 1 aromatic rings. The summed E-state index contributed by atoms with van der Waals surface area (Å²) in [6, 6.07) is 7.09. The lowest BCUT2D eigenvalue weighted by Crippen LogP contribution is -2.43. The zero-order chi connectivity index (χ0) is 15.0. The molecule has 0 radical (unpaired) electrons. The number of nitro groups is 1. The van der Waals surface area contributed by atoms with E-state index >= 15 is 0 Å². The Hall–Kier alpha value is -1.47. The number of morpholine rings is 1. The largest absolute Gasteiger partial charge is 0.370 e. The van der Waals surface area contributed by atoms with Gasteiger partial charge in [0.2, 0.25) is 11.9 Å². The van der Waals surface area contributed by atoms with E-state index in [0.717, 1.165) is 10.0 Å². The van der Waals surface area contributed by atoms with Gasteiger partial charge in [-0.3, -0.25) is 14.9 Å². The van der Waals surface area contributed by atoms with Crippen LogP contribution in [0, 0.1) is 16.0 Å². The molecule has 0 N–H and O–H groups in total. The molecule has 0 bridgehead atoms. The molecule has 1 saturated heterocycles. The lowest BCUT2D eigenvalue weighted by Gasteiger charge is -2.33. The Bertz CT molecular complexity index is 563. The molecule has 1 saturated carbocycles. The van der Waals surface area contributed by atoms with E-state index in [9.17, 15) is 14.9 Å². The van der Waals surface area contributed by atoms with Gasteiger partial charge in [-0.05, 0) is 17.7 Å². The summed E-state index contributed by atoms with van der Waals surface area (Å²) >= 11 is 3.38. The molecule has 3 unspecified atom stereocenters. The highest BCUT2D eigenvalue weighted by Gasteiger charge is 2.54. The maximum absolute atomic E-state index is 12.3. The average molecular weight is 355 g/mol. The number of rotatable bonds is 3. The summed E-state index contributed by atoms with van der Waals surface area (Å²) in [6.45, 7) is 1.43. The highest BCUT2D eigenvalue weighted by molar-refractivity contribution is 9.10. The van der Waals surface area contributed by atoms with Crippen molar-refractivity contribution in [3.8, 4) is 0 Å². The molecule has 1 aliphatic carbocycles. The minimum atomic E-state index is -0.688. The smallest absolute Gasteiger partial charge is 0.233 e. The van der Waals surface area contributed by atoms with E-state index in [1.165, 1.54) is 0 Å². The lowest BCUT2D eigenvalue weighted by molar-refractivity contribution is -0.497. The highest BCUT2D eigenvalue weighted by atomic mass is 79.9. The Balaban J connectivity index is 1.65. The molecule has 2 fully saturated rings. The Morgan fingerprint density at radius 3 is 2.71 bits per heavy atom. The molecule has 7 heteroatoms. The standard InChI is InChI=1S/C14H15BrN2O4/c15-10-3-1-9(2-4-10)13-8-16(5-6-21-13)14(18)11-7-12(11)17(19)20/h1-4,11-13H,5-8H2. The van der Waals surface area contributed by atoms with Crippen LogP contribution in [-0.2, 0) is 9.53 Å². The zero-order valence-electron chi connectivity index (χ0n) is 11.3. The quantitative estimate of drug-likeness (QED) is 0.614. The van der Waals surface area contributed by atoms with E-state index in [-0.39, 0.29) is 16.9 Å². The molecule has 6 nitrogen and oxygen atoms in total. The van der Waals surface area contributed by atoms with Crippen molar-refractivity contribution in [1.29, 1.82) is 0 Å². The number of amides is 1. The van der Waals surface area contributed by atoms with Crippen LogP contribution in [0.25, 0.3) is 0 Å². The van der Waals surface area contributed by atoms with Gasteiger partial charge in [0.05, 0.1) is 13.2 Å². The summed E-state index contributed by atoms with van der Waals surface area (Å²) in [5, 5.41) is 10.7. The second kappa shape index (κ2) is 5.73. The van der Waals surface area contributed by atoms with Crippen LogP contribution in [-0.4, -0.2) is 41.5 Å². The second-order valence-electron chi connectivity index (χ2n) is 5.39. The predicted octanol–water partition coefficient (Wildman–Crippen LogP) is 2.01. The van der Waals surface area contributed by atoms with Gasteiger partial charge in [-0.15, -0.1) is 0 Å². The molecule has 1 aromatic carbocycles. The van der Waals surface area contributed by atoms with Gasteiger partial charge in [0.1, 0.15) is 12.0 Å². The van der Waals surface area contributed by atoms with Crippen molar-refractivity contribution in [3.63, 3.8) is 0 Å². The molecule has 2 aliphatic rings. The van der Waals surface area contributed by atoms with E-state index in [2.05, 4.69) is 15.9 Å². The van der Waals surface area contributed by atoms with E-state index in [4.69, 9.17) is 4.74 Å². The minimum Gasteiger partial charge on any atom is -0.370 e. The Kier molecular flexibility index (Phi) is 3.95. The number of hydrogen-bond acceptors (Lipinski definition) is 4. The Labute approximate surface area is 130 Å². The number of carbonyl (C=O) groups excluding carboxylic acids is 1. The molecule has 3 atom stereocenters. The first-order valence-electron chi connectivity index (χ1n) is 6.85. The summed E-state index contributed by atoms with van der Waals surface area (Å²) in [4.78, 5) is 24.3. The van der Waals surface area contributed by atoms with Gasteiger partial charge in [-0.2, -0.15) is 0 Å². The SMILES string of the molecule is O=C(C1CC1[N+](=O)[O-])N1CCOC(c2ccc(Br)cc2)C1. The number of halogens is 1. The number of carbonyl (C=O) groups is 1. The normalized spacial score (nSPS) is 28.2. The molecule has 1 heterocycles. The van der Waals surface area contributed by atoms with Crippen molar-refractivity contribution >= 4 is 21.8 Å². The van der Waals surface area contributed by atoms with Crippen molar-refractivity contribution in [2.75, 3.05) is 19.7 Å². The third-order valence-electron chi connectivity index (χ3n) is 3.96. The van der Waals surface area contributed by atoms with Crippen LogP contribution in [0.3, 0.4) is 0 Å². The van der Waals surface area contributed by atoms with Gasteiger partial charge in [0.25, 0.3) is 0 Å². The Morgan fingerprint density at radius 2 is 2.10 bits per heavy atom. The van der Waals surface area contributed by atoms with Crippen molar-refractivity contribution < 1.29 is 14.5 Å². The molecular weight excluding hydrogens is 340 g/mol. The summed E-state index contributed by atoms with van der Waals surface area (Å²) < 4.78 is 6.70. The maximum atomic E-state index is 12.3. The molecule has 112 valence electrons. The number of nitrogens with zero attached hydrogens (tertiary/aromatic N) is 2. The van der Waals surface area contributed by atoms with Gasteiger partial charge in [-0.25, -0.2) is 0 Å². The number of benzene rings is 1. The van der Waals surface area contributed by atoms with Gasteiger partial charge >= 0.3 is 0 Å². The predicted molar refractivity (Wildman–Crippen MR) is 78.3 cm³/mol. The third-order valence-corrected chi connectivity index (χ3v) is 4.49. The van der Waals surface area contributed by atoms with Crippen LogP contribution < -0.4 is 0 Å². The fourth-order valence-electron chi connectivity index (χ4n) is 2.64. The first-order chi connectivity index (χ1) is 10.1. The molecule has 0 aromatic heterocycles. The highest BCUT2D eigenvalue weighted by Crippen LogP contribution is 2.36. The van der Waals surface area contributed by atoms with Gasteiger partial charge in [-0.1, -0.05) is 28.1 Å². The van der Waals surface area contributed by atoms with Crippen LogP contribution in [0.5, 0.6) is 0 Å². The summed E-state index contributed by atoms with van der Waals surface area (Å²) in [6.07, 6.45) is 0.204. The molecule has 3 rings (SSSR count). The first-order valence-corrected chi connectivity index (χ1v) is 7.65. The fourth-order valence-corrected chi connectivity index (χ4v) is 2.91. The van der Waals surface area contributed by atoms with Crippen LogP contribution in [0.4, 0.5) is 0 Å². The monoisotopic (exact) mass is 354 g/mol. The van der Waals surface area contributed by atoms with Crippen LogP contribution >= 0.6 is 15.9 Å².